The number of halogens is 1. The monoisotopic (exact) mass is 411 g/mol. The number of benzene rings is 1. The molecule has 1 amide bonds. The van der Waals surface area contributed by atoms with Gasteiger partial charge in [0.25, 0.3) is 11.5 Å². The molecule has 0 atom stereocenters. The number of fused-ring (bicyclic) bond motifs is 1. The van der Waals surface area contributed by atoms with Gasteiger partial charge in [0.05, 0.1) is 23.6 Å². The van der Waals surface area contributed by atoms with Gasteiger partial charge in [-0.05, 0) is 18.2 Å². The van der Waals surface area contributed by atoms with Gasteiger partial charge in [-0.1, -0.05) is 0 Å². The lowest BCUT2D eigenvalue weighted by atomic mass is 10.1. The number of nitrogens with one attached hydrogen (secondary N) is 1. The van der Waals surface area contributed by atoms with Crippen LogP contribution >= 0.6 is 0 Å². The minimum absolute atomic E-state index is 0.000771. The summed E-state index contributed by atoms with van der Waals surface area (Å²) in [6, 6.07) is 5.46. The van der Waals surface area contributed by atoms with E-state index in [1.54, 1.807) is 19.3 Å². The Hall–Kier alpha value is -3.66. The molecule has 1 aliphatic rings. The molecule has 3 heterocycles. The molecular formula is C20H18FN5O4. The number of hydrogen-bond acceptors (Lipinski definition) is 7. The number of hydrogen-bond donors (Lipinski definition) is 1. The number of rotatable bonds is 5. The van der Waals surface area contributed by atoms with Crippen molar-refractivity contribution in [1.82, 2.24) is 24.8 Å². The predicted molar refractivity (Wildman–Crippen MR) is 103 cm³/mol. The van der Waals surface area contributed by atoms with E-state index in [4.69, 9.17) is 9.47 Å². The molecule has 3 aromatic rings. The third-order valence-electron chi connectivity index (χ3n) is 4.63. The first-order chi connectivity index (χ1) is 14.5. The smallest absolute Gasteiger partial charge is 0.255 e. The van der Waals surface area contributed by atoms with E-state index in [0.29, 0.717) is 28.5 Å². The first-order valence-electron chi connectivity index (χ1n) is 9.17. The fraction of sp³-hybridized carbons (Fsp3) is 0.250. The maximum Gasteiger partial charge on any atom is 0.255 e. The van der Waals surface area contributed by atoms with E-state index in [1.165, 1.54) is 23.0 Å². The van der Waals surface area contributed by atoms with Crippen LogP contribution in [0, 0.1) is 5.82 Å². The van der Waals surface area contributed by atoms with Crippen molar-refractivity contribution in [1.29, 1.82) is 0 Å². The average Bonchev–Trinajstić information content (AvgIpc) is 2.76. The van der Waals surface area contributed by atoms with E-state index in [1.807, 2.05) is 0 Å². The molecule has 0 aliphatic carbocycles. The second-order valence-corrected chi connectivity index (χ2v) is 6.61. The molecule has 30 heavy (non-hydrogen) atoms. The van der Waals surface area contributed by atoms with Crippen LogP contribution in [0.2, 0.25) is 0 Å². The van der Waals surface area contributed by atoms with Crippen LogP contribution in [-0.4, -0.2) is 38.8 Å². The Bertz CT molecular complexity index is 1150. The Balaban J connectivity index is 1.50. The molecule has 154 valence electrons. The average molecular weight is 411 g/mol. The molecule has 0 unspecified atom stereocenters. The highest BCUT2D eigenvalue weighted by Crippen LogP contribution is 2.29. The van der Waals surface area contributed by atoms with Crippen LogP contribution in [0.25, 0.3) is 11.4 Å². The highest BCUT2D eigenvalue weighted by molar-refractivity contribution is 5.97. The Labute approximate surface area is 170 Å². The van der Waals surface area contributed by atoms with Gasteiger partial charge in [-0.2, -0.15) is 0 Å². The van der Waals surface area contributed by atoms with Gasteiger partial charge in [0.15, 0.2) is 6.79 Å². The third-order valence-corrected chi connectivity index (χ3v) is 4.63. The van der Waals surface area contributed by atoms with Gasteiger partial charge in [-0.15, -0.1) is 0 Å². The molecule has 1 aromatic carbocycles. The summed E-state index contributed by atoms with van der Waals surface area (Å²) in [7, 11) is 1.60. The maximum atomic E-state index is 13.9. The molecular weight excluding hydrogens is 393 g/mol. The molecule has 0 bridgehead atoms. The summed E-state index contributed by atoms with van der Waals surface area (Å²) in [5.74, 6) is -0.238. The summed E-state index contributed by atoms with van der Waals surface area (Å²) < 4.78 is 25.8. The number of amides is 1. The Morgan fingerprint density at radius 3 is 2.97 bits per heavy atom. The standard InChI is InChI=1S/C20H18FN5O4/c1-26-17(25-16(8-18(26)27)15-2-4-22-10-24-15)3-5-23-20(28)14-7-13(21)6-12-9-29-11-30-19(12)14/h2,4,6-8,10H,3,5,9,11H2,1H3,(H,23,28). The SMILES string of the molecule is Cn1c(CCNC(=O)c2cc(F)cc3c2OCOC3)nc(-c2ccncn2)cc1=O. The lowest BCUT2D eigenvalue weighted by molar-refractivity contribution is -0.0170. The van der Waals surface area contributed by atoms with Crippen LogP contribution in [0.5, 0.6) is 5.75 Å². The van der Waals surface area contributed by atoms with Crippen LogP contribution < -0.4 is 15.6 Å². The van der Waals surface area contributed by atoms with Gasteiger partial charge in [-0.3, -0.25) is 14.2 Å². The Morgan fingerprint density at radius 2 is 2.17 bits per heavy atom. The first kappa shape index (κ1) is 19.6. The van der Waals surface area contributed by atoms with Crippen molar-refractivity contribution in [2.75, 3.05) is 13.3 Å². The zero-order valence-corrected chi connectivity index (χ0v) is 16.1. The number of ether oxygens (including phenoxy) is 2. The summed E-state index contributed by atoms with van der Waals surface area (Å²) in [4.78, 5) is 37.3. The largest absolute Gasteiger partial charge is 0.466 e. The van der Waals surface area contributed by atoms with Crippen molar-refractivity contribution >= 4 is 5.91 Å². The van der Waals surface area contributed by atoms with Gasteiger partial charge in [0, 0.05) is 37.8 Å². The summed E-state index contributed by atoms with van der Waals surface area (Å²) >= 11 is 0. The Kier molecular flexibility index (Phi) is 5.48. The van der Waals surface area contributed by atoms with Crippen LogP contribution in [0.15, 0.2) is 41.6 Å². The highest BCUT2D eigenvalue weighted by Gasteiger charge is 2.21. The minimum atomic E-state index is -0.547. The van der Waals surface area contributed by atoms with Crippen molar-refractivity contribution < 1.29 is 18.7 Å². The fourth-order valence-corrected chi connectivity index (χ4v) is 3.12. The highest BCUT2D eigenvalue weighted by atomic mass is 19.1. The number of carbonyl (C=O) groups excluding carboxylic acids is 1. The van der Waals surface area contributed by atoms with E-state index in [2.05, 4.69) is 20.3 Å². The van der Waals surface area contributed by atoms with Crippen LogP contribution in [0.4, 0.5) is 4.39 Å². The van der Waals surface area contributed by atoms with Gasteiger partial charge in [-0.25, -0.2) is 19.3 Å². The van der Waals surface area contributed by atoms with Crippen molar-refractivity contribution in [2.24, 2.45) is 7.05 Å². The van der Waals surface area contributed by atoms with Crippen molar-refractivity contribution in [3.05, 3.63) is 69.9 Å². The van der Waals surface area contributed by atoms with Crippen LogP contribution in [0.1, 0.15) is 21.7 Å². The zero-order valence-electron chi connectivity index (χ0n) is 16.1. The van der Waals surface area contributed by atoms with E-state index in [-0.39, 0.29) is 37.5 Å². The second kappa shape index (κ2) is 8.37. The van der Waals surface area contributed by atoms with Gasteiger partial charge in [0.2, 0.25) is 0 Å². The quantitative estimate of drug-likeness (QED) is 0.672. The maximum absolute atomic E-state index is 13.9. The van der Waals surface area contributed by atoms with Crippen LogP contribution in [-0.2, 0) is 24.8 Å². The first-order valence-corrected chi connectivity index (χ1v) is 9.17. The summed E-state index contributed by atoms with van der Waals surface area (Å²) in [6.45, 7) is 0.365. The van der Waals surface area contributed by atoms with E-state index in [9.17, 15) is 14.0 Å². The minimum Gasteiger partial charge on any atom is -0.466 e. The van der Waals surface area contributed by atoms with Gasteiger partial charge in [0.1, 0.15) is 23.7 Å². The van der Waals surface area contributed by atoms with E-state index >= 15 is 0 Å². The Morgan fingerprint density at radius 1 is 1.30 bits per heavy atom. The number of carbonyl (C=O) groups is 1. The summed E-state index contributed by atoms with van der Waals surface area (Å²) in [5.41, 5.74) is 1.29. The summed E-state index contributed by atoms with van der Waals surface area (Å²) in [5, 5.41) is 2.72. The molecule has 0 spiro atoms. The molecule has 0 radical (unpaired) electrons. The second-order valence-electron chi connectivity index (χ2n) is 6.61. The normalized spacial score (nSPS) is 12.7. The molecule has 9 nitrogen and oxygen atoms in total. The molecule has 2 aromatic heterocycles. The number of aromatic nitrogens is 4. The van der Waals surface area contributed by atoms with E-state index in [0.717, 1.165) is 6.07 Å². The molecule has 0 fully saturated rings. The van der Waals surface area contributed by atoms with E-state index < -0.39 is 11.7 Å². The molecule has 1 aliphatic heterocycles. The summed E-state index contributed by atoms with van der Waals surface area (Å²) in [6.07, 6.45) is 3.23. The molecule has 1 N–H and O–H groups in total. The van der Waals surface area contributed by atoms with Gasteiger partial charge < -0.3 is 14.8 Å². The fourth-order valence-electron chi connectivity index (χ4n) is 3.12. The number of nitrogens with zero attached hydrogens (tertiary/aromatic N) is 4. The van der Waals surface area contributed by atoms with Crippen LogP contribution in [0.3, 0.4) is 0 Å². The lowest BCUT2D eigenvalue weighted by Crippen LogP contribution is -2.30. The van der Waals surface area contributed by atoms with Gasteiger partial charge >= 0.3 is 0 Å². The predicted octanol–water partition coefficient (Wildman–Crippen LogP) is 1.22. The lowest BCUT2D eigenvalue weighted by Gasteiger charge is -2.20. The van der Waals surface area contributed by atoms with Crippen molar-refractivity contribution in [3.8, 4) is 17.1 Å². The molecule has 0 saturated heterocycles. The van der Waals surface area contributed by atoms with Crippen molar-refractivity contribution in [3.63, 3.8) is 0 Å². The zero-order chi connectivity index (χ0) is 21.1. The third kappa shape index (κ3) is 4.03. The topological polar surface area (TPSA) is 108 Å². The van der Waals surface area contributed by atoms with Crippen molar-refractivity contribution in [2.45, 2.75) is 13.0 Å². The molecule has 4 rings (SSSR count). The molecule has 0 saturated carbocycles. The molecule has 10 heteroatoms.